The summed E-state index contributed by atoms with van der Waals surface area (Å²) >= 11 is 0. The fourth-order valence-corrected chi connectivity index (χ4v) is 2.44. The van der Waals surface area contributed by atoms with Crippen LogP contribution in [0.2, 0.25) is 0 Å². The number of fused-ring (bicyclic) bond motifs is 1. The summed E-state index contributed by atoms with van der Waals surface area (Å²) in [4.78, 5) is 12.3. The standard InChI is InChI=1S/C16H19N5O/c1-11-4-5-14-13(8-11)15(20-19-14)16(22)17-9-12(2)10-21-7-3-6-18-21/h3-8,12H,9-10H2,1-2H3,(H,17,22)(H,19,20). The lowest BCUT2D eigenvalue weighted by atomic mass is 10.1. The first kappa shape index (κ1) is 14.3. The maximum atomic E-state index is 12.3. The lowest BCUT2D eigenvalue weighted by molar-refractivity contribution is 0.0943. The van der Waals surface area contributed by atoms with E-state index in [-0.39, 0.29) is 11.8 Å². The Bertz CT molecular complexity index is 775. The Morgan fingerprint density at radius 1 is 1.45 bits per heavy atom. The molecular weight excluding hydrogens is 278 g/mol. The highest BCUT2D eigenvalue weighted by Gasteiger charge is 2.15. The molecule has 22 heavy (non-hydrogen) atoms. The molecule has 6 heteroatoms. The van der Waals surface area contributed by atoms with Gasteiger partial charge in [0.25, 0.3) is 5.91 Å². The number of carbonyl (C=O) groups excluding carboxylic acids is 1. The third kappa shape index (κ3) is 3.00. The third-order valence-corrected chi connectivity index (χ3v) is 3.60. The summed E-state index contributed by atoms with van der Waals surface area (Å²) in [5.74, 6) is 0.139. The van der Waals surface area contributed by atoms with Crippen LogP contribution in [0.1, 0.15) is 23.0 Å². The second-order valence-corrected chi connectivity index (χ2v) is 5.66. The molecule has 3 rings (SSSR count). The molecule has 0 aliphatic rings. The van der Waals surface area contributed by atoms with Crippen molar-refractivity contribution in [3.63, 3.8) is 0 Å². The fraction of sp³-hybridized carbons (Fsp3) is 0.312. The number of amides is 1. The number of nitrogens with zero attached hydrogens (tertiary/aromatic N) is 3. The maximum Gasteiger partial charge on any atom is 0.272 e. The minimum Gasteiger partial charge on any atom is -0.350 e. The van der Waals surface area contributed by atoms with Crippen LogP contribution in [0.25, 0.3) is 10.9 Å². The molecule has 0 fully saturated rings. The summed E-state index contributed by atoms with van der Waals surface area (Å²) in [5.41, 5.74) is 2.43. The van der Waals surface area contributed by atoms with Gasteiger partial charge >= 0.3 is 0 Å². The molecule has 0 spiro atoms. The molecule has 0 saturated heterocycles. The van der Waals surface area contributed by atoms with Crippen molar-refractivity contribution in [2.45, 2.75) is 20.4 Å². The van der Waals surface area contributed by atoms with Gasteiger partial charge in [0.05, 0.1) is 5.52 Å². The molecule has 2 N–H and O–H groups in total. The van der Waals surface area contributed by atoms with E-state index in [1.54, 1.807) is 6.20 Å². The molecule has 114 valence electrons. The SMILES string of the molecule is Cc1ccc2[nH]nc(C(=O)NCC(C)Cn3cccn3)c2c1. The van der Waals surface area contributed by atoms with Crippen LogP contribution >= 0.6 is 0 Å². The van der Waals surface area contributed by atoms with Crippen LogP contribution in [-0.2, 0) is 6.54 Å². The van der Waals surface area contributed by atoms with Crippen LogP contribution < -0.4 is 5.32 Å². The number of nitrogens with one attached hydrogen (secondary N) is 2. The van der Waals surface area contributed by atoms with E-state index in [2.05, 4.69) is 27.5 Å². The first-order chi connectivity index (χ1) is 10.6. The topological polar surface area (TPSA) is 75.6 Å². The average Bonchev–Trinajstić information content (AvgIpc) is 3.13. The zero-order valence-corrected chi connectivity index (χ0v) is 12.7. The lowest BCUT2D eigenvalue weighted by Gasteiger charge is -2.12. The first-order valence-corrected chi connectivity index (χ1v) is 7.34. The second-order valence-electron chi connectivity index (χ2n) is 5.66. The molecule has 1 atom stereocenters. The molecule has 0 aliphatic carbocycles. The zero-order chi connectivity index (χ0) is 15.5. The Morgan fingerprint density at radius 2 is 2.32 bits per heavy atom. The minimum absolute atomic E-state index is 0.149. The van der Waals surface area contributed by atoms with Crippen molar-refractivity contribution in [1.29, 1.82) is 0 Å². The minimum atomic E-state index is -0.149. The van der Waals surface area contributed by atoms with Gasteiger partial charge in [-0.2, -0.15) is 10.2 Å². The number of aromatic amines is 1. The summed E-state index contributed by atoms with van der Waals surface area (Å²) in [6.07, 6.45) is 3.67. The number of aromatic nitrogens is 4. The van der Waals surface area contributed by atoms with E-state index < -0.39 is 0 Å². The molecule has 0 bridgehead atoms. The molecule has 2 aromatic heterocycles. The van der Waals surface area contributed by atoms with Gasteiger partial charge in [-0.25, -0.2) is 0 Å². The second kappa shape index (κ2) is 6.01. The van der Waals surface area contributed by atoms with Crippen LogP contribution in [0.15, 0.2) is 36.7 Å². The molecular formula is C16H19N5O. The Kier molecular flexibility index (Phi) is 3.91. The molecule has 1 amide bonds. The van der Waals surface area contributed by atoms with Crippen molar-refractivity contribution in [3.05, 3.63) is 47.9 Å². The van der Waals surface area contributed by atoms with Crippen LogP contribution in [-0.4, -0.2) is 32.4 Å². The van der Waals surface area contributed by atoms with Gasteiger partial charge in [-0.05, 0) is 31.0 Å². The summed E-state index contributed by atoms with van der Waals surface area (Å²) in [6, 6.07) is 7.80. The van der Waals surface area contributed by atoms with E-state index >= 15 is 0 Å². The van der Waals surface area contributed by atoms with Gasteiger partial charge in [0.15, 0.2) is 5.69 Å². The molecule has 0 saturated carbocycles. The van der Waals surface area contributed by atoms with E-state index in [4.69, 9.17) is 0 Å². The van der Waals surface area contributed by atoms with Crippen molar-refractivity contribution >= 4 is 16.8 Å². The monoisotopic (exact) mass is 297 g/mol. The average molecular weight is 297 g/mol. The van der Waals surface area contributed by atoms with Gasteiger partial charge < -0.3 is 5.32 Å². The first-order valence-electron chi connectivity index (χ1n) is 7.34. The number of H-pyrrole nitrogens is 1. The van der Waals surface area contributed by atoms with Crippen LogP contribution in [0.5, 0.6) is 0 Å². The summed E-state index contributed by atoms with van der Waals surface area (Å²) in [7, 11) is 0. The van der Waals surface area contributed by atoms with Crippen molar-refractivity contribution < 1.29 is 4.79 Å². The molecule has 0 radical (unpaired) electrons. The summed E-state index contributed by atoms with van der Waals surface area (Å²) in [5, 5.41) is 15.0. The van der Waals surface area contributed by atoms with Gasteiger partial charge in [-0.3, -0.25) is 14.6 Å². The lowest BCUT2D eigenvalue weighted by Crippen LogP contribution is -2.30. The Labute approximate surface area is 128 Å². The zero-order valence-electron chi connectivity index (χ0n) is 12.7. The Balaban J connectivity index is 1.64. The molecule has 2 heterocycles. The molecule has 6 nitrogen and oxygen atoms in total. The van der Waals surface area contributed by atoms with Gasteiger partial charge in [0.1, 0.15) is 0 Å². The number of hydrogen-bond acceptors (Lipinski definition) is 3. The molecule has 1 aromatic carbocycles. The van der Waals surface area contributed by atoms with Gasteiger partial charge in [-0.15, -0.1) is 0 Å². The van der Waals surface area contributed by atoms with Crippen molar-refractivity contribution in [2.75, 3.05) is 6.54 Å². The Hall–Kier alpha value is -2.63. The predicted octanol–water partition coefficient (Wildman–Crippen LogP) is 2.13. The third-order valence-electron chi connectivity index (χ3n) is 3.60. The van der Waals surface area contributed by atoms with Crippen molar-refractivity contribution in [3.8, 4) is 0 Å². The number of carbonyl (C=O) groups is 1. The van der Waals surface area contributed by atoms with Gasteiger partial charge in [0, 0.05) is 30.9 Å². The van der Waals surface area contributed by atoms with E-state index in [0.29, 0.717) is 12.2 Å². The number of hydrogen-bond donors (Lipinski definition) is 2. The number of benzene rings is 1. The van der Waals surface area contributed by atoms with E-state index in [1.165, 1.54) is 0 Å². The number of rotatable bonds is 5. The maximum absolute atomic E-state index is 12.3. The van der Waals surface area contributed by atoms with Crippen LogP contribution in [0, 0.1) is 12.8 Å². The highest BCUT2D eigenvalue weighted by atomic mass is 16.1. The highest BCUT2D eigenvalue weighted by Crippen LogP contribution is 2.17. The quantitative estimate of drug-likeness (QED) is 0.757. The highest BCUT2D eigenvalue weighted by molar-refractivity contribution is 6.04. The summed E-state index contributed by atoms with van der Waals surface area (Å²) in [6.45, 7) is 5.43. The predicted molar refractivity (Wildman–Crippen MR) is 84.6 cm³/mol. The van der Waals surface area contributed by atoms with Crippen LogP contribution in [0.3, 0.4) is 0 Å². The molecule has 3 aromatic rings. The van der Waals surface area contributed by atoms with E-state index in [0.717, 1.165) is 23.0 Å². The van der Waals surface area contributed by atoms with E-state index in [9.17, 15) is 4.79 Å². The normalized spacial score (nSPS) is 12.5. The summed E-state index contributed by atoms with van der Waals surface area (Å²) < 4.78 is 1.87. The largest absolute Gasteiger partial charge is 0.350 e. The van der Waals surface area contributed by atoms with Gasteiger partial charge in [-0.1, -0.05) is 18.6 Å². The fourth-order valence-electron chi connectivity index (χ4n) is 2.44. The smallest absolute Gasteiger partial charge is 0.272 e. The molecule has 1 unspecified atom stereocenters. The van der Waals surface area contributed by atoms with E-state index in [1.807, 2.05) is 42.1 Å². The number of aryl methyl sites for hydroxylation is 1. The molecule has 0 aliphatic heterocycles. The Morgan fingerprint density at radius 3 is 3.09 bits per heavy atom. The van der Waals surface area contributed by atoms with Gasteiger partial charge in [0.2, 0.25) is 0 Å². The van der Waals surface area contributed by atoms with Crippen LogP contribution in [0.4, 0.5) is 0 Å². The van der Waals surface area contributed by atoms with Crippen molar-refractivity contribution in [2.24, 2.45) is 5.92 Å². The van der Waals surface area contributed by atoms with Crippen molar-refractivity contribution in [1.82, 2.24) is 25.3 Å².